The quantitative estimate of drug-likeness (QED) is 0.682. The lowest BCUT2D eigenvalue weighted by Gasteiger charge is -2.23. The van der Waals surface area contributed by atoms with E-state index in [0.29, 0.717) is 23.9 Å². The second kappa shape index (κ2) is 9.33. The van der Waals surface area contributed by atoms with Gasteiger partial charge in [0.2, 0.25) is 11.9 Å². The Kier molecular flexibility index (Phi) is 7.74. The normalized spacial score (nSPS) is 12.3. The molecule has 0 aliphatic heterocycles. The number of hydrogen-bond donors (Lipinski definition) is 2. The molecule has 0 saturated carbocycles. The average molecular weight is 296 g/mol. The topological polar surface area (TPSA) is 75.2 Å². The maximum Gasteiger partial charge on any atom is 0.322 e. The summed E-state index contributed by atoms with van der Waals surface area (Å²) < 4.78 is 5.11. The lowest BCUT2D eigenvalue weighted by molar-refractivity contribution is 0.261. The predicted octanol–water partition coefficient (Wildman–Crippen LogP) is 1.84. The number of aromatic nitrogens is 3. The third kappa shape index (κ3) is 6.12. The van der Waals surface area contributed by atoms with Crippen LogP contribution in [-0.2, 0) is 0 Å². The van der Waals surface area contributed by atoms with E-state index >= 15 is 0 Å². The molecule has 0 spiro atoms. The molecular weight excluding hydrogens is 268 g/mol. The van der Waals surface area contributed by atoms with Crippen molar-refractivity contribution >= 4 is 11.9 Å². The molecule has 0 aliphatic rings. The summed E-state index contributed by atoms with van der Waals surface area (Å²) in [6.45, 7) is 9.04. The highest BCUT2D eigenvalue weighted by atomic mass is 16.5. The van der Waals surface area contributed by atoms with Gasteiger partial charge in [0.15, 0.2) is 0 Å². The summed E-state index contributed by atoms with van der Waals surface area (Å²) in [5.74, 6) is 1.08. The Morgan fingerprint density at radius 2 is 1.71 bits per heavy atom. The van der Waals surface area contributed by atoms with Crippen molar-refractivity contribution in [2.24, 2.45) is 0 Å². The van der Waals surface area contributed by atoms with E-state index < -0.39 is 0 Å². The maximum atomic E-state index is 5.11. The smallest absolute Gasteiger partial charge is 0.322 e. The van der Waals surface area contributed by atoms with Gasteiger partial charge in [0.25, 0.3) is 0 Å². The molecule has 7 heteroatoms. The van der Waals surface area contributed by atoms with E-state index in [1.165, 1.54) is 0 Å². The molecule has 1 aromatic rings. The highest BCUT2D eigenvalue weighted by Crippen LogP contribution is 2.10. The van der Waals surface area contributed by atoms with E-state index in [9.17, 15) is 0 Å². The fraction of sp³-hybridized carbons (Fsp3) is 0.786. The number of nitrogens with zero attached hydrogens (tertiary/aromatic N) is 4. The highest BCUT2D eigenvalue weighted by molar-refractivity contribution is 5.35. The van der Waals surface area contributed by atoms with E-state index in [0.717, 1.165) is 32.5 Å². The fourth-order valence-electron chi connectivity index (χ4n) is 1.72. The van der Waals surface area contributed by atoms with Gasteiger partial charge in [0.1, 0.15) is 0 Å². The summed E-state index contributed by atoms with van der Waals surface area (Å²) in [5.41, 5.74) is 0. The van der Waals surface area contributed by atoms with Gasteiger partial charge in [-0.3, -0.25) is 0 Å². The van der Waals surface area contributed by atoms with Gasteiger partial charge in [-0.05, 0) is 26.8 Å². The number of nitrogens with one attached hydrogen (secondary N) is 2. The molecule has 0 bridgehead atoms. The van der Waals surface area contributed by atoms with Crippen molar-refractivity contribution in [3.05, 3.63) is 0 Å². The average Bonchev–Trinajstić information content (AvgIpc) is 2.51. The Morgan fingerprint density at radius 1 is 1.10 bits per heavy atom. The zero-order valence-corrected chi connectivity index (χ0v) is 13.8. The zero-order valence-electron chi connectivity index (χ0n) is 13.8. The molecule has 0 amide bonds. The first-order valence-electron chi connectivity index (χ1n) is 7.58. The summed E-state index contributed by atoms with van der Waals surface area (Å²) in [7, 11) is 3.68. The third-order valence-electron chi connectivity index (χ3n) is 3.42. The second-order valence-electron chi connectivity index (χ2n) is 5.06. The first kappa shape index (κ1) is 17.4. The Bertz CT molecular complexity index is 414. The first-order valence-corrected chi connectivity index (χ1v) is 7.58. The molecule has 0 aromatic carbocycles. The number of ether oxygens (including phenoxy) is 1. The van der Waals surface area contributed by atoms with Crippen LogP contribution in [0, 0.1) is 0 Å². The third-order valence-corrected chi connectivity index (χ3v) is 3.42. The van der Waals surface area contributed by atoms with Gasteiger partial charge in [-0.1, -0.05) is 13.8 Å². The van der Waals surface area contributed by atoms with Crippen molar-refractivity contribution < 1.29 is 4.74 Å². The SMILES string of the molecule is CCCNc1nc(NCCN(C)C(C)CC)nc(OC)n1. The monoisotopic (exact) mass is 296 g/mol. The zero-order chi connectivity index (χ0) is 15.7. The van der Waals surface area contributed by atoms with Crippen LogP contribution in [0.3, 0.4) is 0 Å². The second-order valence-corrected chi connectivity index (χ2v) is 5.06. The number of rotatable bonds is 10. The van der Waals surface area contributed by atoms with E-state index in [1.54, 1.807) is 7.11 Å². The van der Waals surface area contributed by atoms with Crippen molar-refractivity contribution in [1.29, 1.82) is 0 Å². The molecule has 1 aromatic heterocycles. The molecule has 0 saturated heterocycles. The standard InChI is InChI=1S/C14H28N6O/c1-6-8-15-12-17-13(19-14(18-12)21-5)16-9-10-20(4)11(3)7-2/h11H,6-10H2,1-5H3,(H2,15,16,17,18,19). The van der Waals surface area contributed by atoms with Crippen LogP contribution in [-0.4, -0.2) is 59.7 Å². The predicted molar refractivity (Wildman–Crippen MR) is 86.0 cm³/mol. The molecule has 0 radical (unpaired) electrons. The Labute approximate surface area is 127 Å². The largest absolute Gasteiger partial charge is 0.467 e. The van der Waals surface area contributed by atoms with Gasteiger partial charge >= 0.3 is 6.01 Å². The van der Waals surface area contributed by atoms with Gasteiger partial charge in [0, 0.05) is 25.7 Å². The van der Waals surface area contributed by atoms with Crippen LogP contribution in [0.5, 0.6) is 6.01 Å². The molecule has 1 rings (SSSR count). The van der Waals surface area contributed by atoms with Crippen LogP contribution in [0.4, 0.5) is 11.9 Å². The van der Waals surface area contributed by atoms with Crippen molar-refractivity contribution in [2.45, 2.75) is 39.7 Å². The van der Waals surface area contributed by atoms with Crippen molar-refractivity contribution in [1.82, 2.24) is 19.9 Å². The van der Waals surface area contributed by atoms with E-state index in [-0.39, 0.29) is 0 Å². The minimum atomic E-state index is 0.321. The molecule has 1 heterocycles. The molecule has 120 valence electrons. The summed E-state index contributed by atoms with van der Waals surface area (Å²) in [6, 6.07) is 0.892. The lowest BCUT2D eigenvalue weighted by atomic mass is 10.2. The minimum Gasteiger partial charge on any atom is -0.467 e. The summed E-state index contributed by atoms with van der Waals surface area (Å²) in [5, 5.41) is 6.37. The molecule has 1 unspecified atom stereocenters. The van der Waals surface area contributed by atoms with Crippen LogP contribution in [0.15, 0.2) is 0 Å². The van der Waals surface area contributed by atoms with Gasteiger partial charge in [0.05, 0.1) is 7.11 Å². The fourth-order valence-corrected chi connectivity index (χ4v) is 1.72. The molecule has 7 nitrogen and oxygen atoms in total. The van der Waals surface area contributed by atoms with Crippen LogP contribution in [0.2, 0.25) is 0 Å². The van der Waals surface area contributed by atoms with Crippen LogP contribution in [0.1, 0.15) is 33.6 Å². The molecule has 0 fully saturated rings. The number of methoxy groups -OCH3 is 1. The number of anilines is 2. The first-order chi connectivity index (χ1) is 10.1. The summed E-state index contributed by atoms with van der Waals surface area (Å²) >= 11 is 0. The van der Waals surface area contributed by atoms with Crippen molar-refractivity contribution in [2.75, 3.05) is 44.4 Å². The summed E-state index contributed by atoms with van der Waals surface area (Å²) in [4.78, 5) is 15.0. The highest BCUT2D eigenvalue weighted by Gasteiger charge is 2.08. The maximum absolute atomic E-state index is 5.11. The molecule has 0 aliphatic carbocycles. The van der Waals surface area contributed by atoms with Crippen molar-refractivity contribution in [3.63, 3.8) is 0 Å². The van der Waals surface area contributed by atoms with E-state index in [4.69, 9.17) is 4.74 Å². The van der Waals surface area contributed by atoms with E-state index in [1.807, 2.05) is 0 Å². The van der Waals surface area contributed by atoms with Gasteiger partial charge in [-0.25, -0.2) is 0 Å². The van der Waals surface area contributed by atoms with Crippen LogP contribution in [0.25, 0.3) is 0 Å². The van der Waals surface area contributed by atoms with Gasteiger partial charge in [-0.2, -0.15) is 15.0 Å². The molecule has 2 N–H and O–H groups in total. The Morgan fingerprint density at radius 3 is 2.24 bits per heavy atom. The Balaban J connectivity index is 2.57. The minimum absolute atomic E-state index is 0.321. The van der Waals surface area contributed by atoms with Gasteiger partial charge in [-0.15, -0.1) is 0 Å². The molecule has 1 atom stereocenters. The molecular formula is C14H28N6O. The van der Waals surface area contributed by atoms with Gasteiger partial charge < -0.3 is 20.3 Å². The van der Waals surface area contributed by atoms with Crippen LogP contribution >= 0.6 is 0 Å². The van der Waals surface area contributed by atoms with E-state index in [2.05, 4.69) is 58.3 Å². The number of likely N-dealkylation sites (N-methyl/N-ethyl adjacent to an activating group) is 1. The lowest BCUT2D eigenvalue weighted by Crippen LogP contribution is -2.33. The van der Waals surface area contributed by atoms with Crippen LogP contribution < -0.4 is 15.4 Å². The Hall–Kier alpha value is -1.63. The number of hydrogen-bond acceptors (Lipinski definition) is 7. The summed E-state index contributed by atoms with van der Waals surface area (Å²) in [6.07, 6.45) is 2.15. The molecule has 21 heavy (non-hydrogen) atoms. The van der Waals surface area contributed by atoms with Crippen molar-refractivity contribution in [3.8, 4) is 6.01 Å².